The van der Waals surface area contributed by atoms with Crippen molar-refractivity contribution in [2.45, 2.75) is 13.5 Å². The molecule has 0 atom stereocenters. The fourth-order valence-corrected chi connectivity index (χ4v) is 4.92. The summed E-state index contributed by atoms with van der Waals surface area (Å²) < 4.78 is 1.92. The van der Waals surface area contributed by atoms with Gasteiger partial charge in [0.15, 0.2) is 5.65 Å². The van der Waals surface area contributed by atoms with E-state index in [-0.39, 0.29) is 5.43 Å². The van der Waals surface area contributed by atoms with Gasteiger partial charge >= 0.3 is 0 Å². The number of hydrogen-bond acceptors (Lipinski definition) is 6. The monoisotopic (exact) mass is 434 g/mol. The van der Waals surface area contributed by atoms with E-state index in [2.05, 4.69) is 46.1 Å². The van der Waals surface area contributed by atoms with Crippen LogP contribution in [0.25, 0.3) is 32.9 Å². The Morgan fingerprint density at radius 1 is 1.00 bits per heavy atom. The molecular weight excluding hydrogens is 408 g/mol. The van der Waals surface area contributed by atoms with Gasteiger partial charge in [-0.3, -0.25) is 14.8 Å². The predicted octanol–water partition coefficient (Wildman–Crippen LogP) is 3.07. The quantitative estimate of drug-likeness (QED) is 0.523. The van der Waals surface area contributed by atoms with Crippen LogP contribution >= 0.6 is 11.3 Å². The van der Waals surface area contributed by atoms with Crippen LogP contribution in [0.15, 0.2) is 47.3 Å². The van der Waals surface area contributed by atoms with Gasteiger partial charge in [-0.2, -0.15) is 10.2 Å². The summed E-state index contributed by atoms with van der Waals surface area (Å²) >= 11 is 1.66. The second kappa shape index (κ2) is 8.37. The van der Waals surface area contributed by atoms with E-state index in [1.165, 1.54) is 4.88 Å². The Bertz CT molecular complexity index is 1250. The average molecular weight is 435 g/mol. The van der Waals surface area contributed by atoms with Crippen LogP contribution in [0.2, 0.25) is 0 Å². The van der Waals surface area contributed by atoms with Crippen molar-refractivity contribution in [1.29, 1.82) is 0 Å². The Kier molecular flexibility index (Phi) is 5.43. The predicted molar refractivity (Wildman–Crippen MR) is 126 cm³/mol. The summed E-state index contributed by atoms with van der Waals surface area (Å²) in [4.78, 5) is 20.5. The molecule has 160 valence electrons. The molecule has 1 fully saturated rings. The van der Waals surface area contributed by atoms with E-state index in [9.17, 15) is 4.79 Å². The maximum Gasteiger partial charge on any atom is 0.219 e. The Balaban J connectivity index is 1.57. The lowest BCUT2D eigenvalue weighted by molar-refractivity contribution is 0.149. The van der Waals surface area contributed by atoms with Gasteiger partial charge in [-0.1, -0.05) is 30.3 Å². The van der Waals surface area contributed by atoms with Crippen LogP contribution in [0.4, 0.5) is 0 Å². The Morgan fingerprint density at radius 2 is 1.77 bits per heavy atom. The number of aromatic nitrogens is 4. The zero-order chi connectivity index (χ0) is 21.4. The number of H-pyrrole nitrogens is 1. The topological polar surface area (TPSA) is 70.1 Å². The average Bonchev–Trinajstić information content (AvgIpc) is 3.38. The molecule has 3 aromatic heterocycles. The second-order valence-corrected chi connectivity index (χ2v) is 9.41. The van der Waals surface area contributed by atoms with Gasteiger partial charge in [0.1, 0.15) is 11.4 Å². The van der Waals surface area contributed by atoms with Crippen molar-refractivity contribution in [3.63, 3.8) is 0 Å². The molecule has 8 heteroatoms. The van der Waals surface area contributed by atoms with Crippen LogP contribution in [-0.2, 0) is 6.54 Å². The number of nitrogens with one attached hydrogen (secondary N) is 1. The lowest BCUT2D eigenvalue weighted by atomic mass is 10.1. The molecule has 1 aromatic carbocycles. The molecule has 4 heterocycles. The van der Waals surface area contributed by atoms with Gasteiger partial charge in [0.2, 0.25) is 5.43 Å². The molecule has 0 amide bonds. The van der Waals surface area contributed by atoms with Crippen molar-refractivity contribution < 1.29 is 0 Å². The maximum absolute atomic E-state index is 13.5. The highest BCUT2D eigenvalue weighted by Crippen LogP contribution is 2.31. The molecule has 1 saturated heterocycles. The summed E-state index contributed by atoms with van der Waals surface area (Å²) in [5.74, 6) is 0. The molecule has 1 aliphatic rings. The van der Waals surface area contributed by atoms with Crippen molar-refractivity contribution in [3.8, 4) is 21.8 Å². The van der Waals surface area contributed by atoms with Crippen molar-refractivity contribution in [2.75, 3.05) is 39.8 Å². The lowest BCUT2D eigenvalue weighted by Gasteiger charge is -2.32. The zero-order valence-electron chi connectivity index (χ0n) is 17.8. The second-order valence-electron chi connectivity index (χ2n) is 8.12. The van der Waals surface area contributed by atoms with E-state index in [0.717, 1.165) is 48.9 Å². The molecule has 4 aromatic rings. The number of piperazine rings is 1. The summed E-state index contributed by atoms with van der Waals surface area (Å²) in [7, 11) is 2.16. The highest BCUT2D eigenvalue weighted by Gasteiger charge is 2.21. The van der Waals surface area contributed by atoms with Crippen molar-refractivity contribution in [3.05, 3.63) is 57.6 Å². The third-order valence-electron chi connectivity index (χ3n) is 5.91. The molecule has 5 rings (SSSR count). The molecule has 0 unspecified atom stereocenters. The number of rotatable bonds is 5. The summed E-state index contributed by atoms with van der Waals surface area (Å²) in [6.45, 7) is 7.96. The van der Waals surface area contributed by atoms with Gasteiger partial charge in [0.05, 0.1) is 16.8 Å². The number of nitrogens with zero attached hydrogens (tertiary/aromatic N) is 5. The molecule has 0 spiro atoms. The number of benzene rings is 1. The molecule has 31 heavy (non-hydrogen) atoms. The highest BCUT2D eigenvalue weighted by molar-refractivity contribution is 7.15. The van der Waals surface area contributed by atoms with Crippen molar-refractivity contribution in [2.24, 2.45) is 0 Å². The summed E-state index contributed by atoms with van der Waals surface area (Å²) in [5, 5.41) is 13.1. The van der Waals surface area contributed by atoms with Crippen LogP contribution in [0, 0.1) is 6.92 Å². The Hall–Kier alpha value is -2.81. The number of likely N-dealkylation sites (N-methyl/N-ethyl adjacent to an activating group) is 1. The molecule has 1 aliphatic heterocycles. The van der Waals surface area contributed by atoms with Gasteiger partial charge in [-0.05, 0) is 26.1 Å². The first kappa shape index (κ1) is 20.1. The van der Waals surface area contributed by atoms with E-state index in [1.807, 2.05) is 35.0 Å². The summed E-state index contributed by atoms with van der Waals surface area (Å²) in [6, 6.07) is 13.7. The fourth-order valence-electron chi connectivity index (χ4n) is 4.06. The molecule has 1 N–H and O–H groups in total. The number of fused-ring (bicyclic) bond motifs is 1. The van der Waals surface area contributed by atoms with Gasteiger partial charge in [0, 0.05) is 43.2 Å². The lowest BCUT2D eigenvalue weighted by Crippen LogP contribution is -2.45. The van der Waals surface area contributed by atoms with E-state index in [1.54, 1.807) is 11.3 Å². The van der Waals surface area contributed by atoms with Crippen LogP contribution in [0.3, 0.4) is 0 Å². The Labute approximate surface area is 184 Å². The van der Waals surface area contributed by atoms with Crippen LogP contribution in [0.5, 0.6) is 0 Å². The Morgan fingerprint density at radius 3 is 2.48 bits per heavy atom. The fraction of sp³-hybridized carbons (Fsp3) is 0.348. The maximum atomic E-state index is 13.5. The van der Waals surface area contributed by atoms with Crippen LogP contribution in [-0.4, -0.2) is 69.5 Å². The van der Waals surface area contributed by atoms with Gasteiger partial charge in [-0.15, -0.1) is 11.3 Å². The molecule has 0 saturated carbocycles. The third kappa shape index (κ3) is 3.94. The minimum absolute atomic E-state index is 0.0770. The van der Waals surface area contributed by atoms with Gasteiger partial charge in [-0.25, -0.2) is 4.68 Å². The number of hydrogen-bond donors (Lipinski definition) is 1. The van der Waals surface area contributed by atoms with E-state index in [0.29, 0.717) is 23.3 Å². The zero-order valence-corrected chi connectivity index (χ0v) is 18.7. The number of aromatic amines is 1. The third-order valence-corrected chi connectivity index (χ3v) is 6.92. The summed E-state index contributed by atoms with van der Waals surface area (Å²) in [6.07, 6.45) is 0. The number of thiophene rings is 1. The van der Waals surface area contributed by atoms with Gasteiger partial charge < -0.3 is 4.90 Å². The minimum Gasteiger partial charge on any atom is -0.304 e. The largest absolute Gasteiger partial charge is 0.304 e. The first-order chi connectivity index (χ1) is 15.1. The van der Waals surface area contributed by atoms with E-state index < -0.39 is 0 Å². The summed E-state index contributed by atoms with van der Waals surface area (Å²) in [5.41, 5.74) is 2.60. The minimum atomic E-state index is -0.0770. The van der Waals surface area contributed by atoms with Gasteiger partial charge in [0.25, 0.3) is 0 Å². The molecule has 7 nitrogen and oxygen atoms in total. The van der Waals surface area contributed by atoms with Crippen molar-refractivity contribution in [1.82, 2.24) is 29.8 Å². The molecular formula is C23H26N6OS. The van der Waals surface area contributed by atoms with E-state index >= 15 is 0 Å². The SMILES string of the molecule is Cc1ccc(-c2nn(CCN3CCN(C)CC3)c3[nH]nc(-c4ccccc4)c(=O)c23)s1. The first-order valence-corrected chi connectivity index (χ1v) is 11.4. The first-order valence-electron chi connectivity index (χ1n) is 10.6. The van der Waals surface area contributed by atoms with Crippen molar-refractivity contribution >= 4 is 22.4 Å². The van der Waals surface area contributed by atoms with Crippen LogP contribution in [0.1, 0.15) is 4.88 Å². The van der Waals surface area contributed by atoms with E-state index in [4.69, 9.17) is 5.10 Å². The normalized spacial score (nSPS) is 15.7. The molecule has 0 radical (unpaired) electrons. The molecule has 0 bridgehead atoms. The highest BCUT2D eigenvalue weighted by atomic mass is 32.1. The van der Waals surface area contributed by atoms with Crippen LogP contribution < -0.4 is 5.43 Å². The standard InChI is InChI=1S/C23H26N6OS/c1-16-8-9-18(31-16)21-19-22(30)20(17-6-4-3-5-7-17)24-25-23(19)29(26-21)15-14-28-12-10-27(2)11-13-28/h3-9H,10-15H2,1-2H3,(H,25,30). The smallest absolute Gasteiger partial charge is 0.219 e. The number of aryl methyl sites for hydroxylation is 1. The molecule has 0 aliphatic carbocycles.